The van der Waals surface area contributed by atoms with Crippen molar-refractivity contribution in [2.24, 2.45) is 0 Å². The van der Waals surface area contributed by atoms with Crippen LogP contribution in [0.2, 0.25) is 5.02 Å². The SMILES string of the molecule is O=C(O)CCN1C(=O)/C(=C/c2cn(-c3ccccc3)nc2-c2ccc(OCc3ccccc3Cl)cc2)SC1=S. The fourth-order valence-corrected chi connectivity index (χ4v) is 5.45. The Balaban J connectivity index is 1.44. The Morgan fingerprint density at radius 2 is 1.77 bits per heavy atom. The summed E-state index contributed by atoms with van der Waals surface area (Å²) in [6.07, 6.45) is 3.43. The van der Waals surface area contributed by atoms with Gasteiger partial charge >= 0.3 is 5.97 Å². The van der Waals surface area contributed by atoms with E-state index in [0.29, 0.717) is 32.3 Å². The molecule has 1 aliphatic rings. The van der Waals surface area contributed by atoms with Crippen LogP contribution in [0.25, 0.3) is 23.0 Å². The minimum atomic E-state index is -0.987. The van der Waals surface area contributed by atoms with Gasteiger partial charge in [-0.05, 0) is 48.5 Å². The van der Waals surface area contributed by atoms with Crippen molar-refractivity contribution in [3.8, 4) is 22.7 Å². The summed E-state index contributed by atoms with van der Waals surface area (Å²) >= 11 is 12.7. The number of hydrogen-bond acceptors (Lipinski definition) is 6. The van der Waals surface area contributed by atoms with Crippen LogP contribution in [0, 0.1) is 0 Å². The van der Waals surface area contributed by atoms with Crippen molar-refractivity contribution >= 4 is 57.9 Å². The first-order valence-electron chi connectivity index (χ1n) is 12.0. The van der Waals surface area contributed by atoms with E-state index in [1.807, 2.05) is 85.1 Å². The number of nitrogens with zero attached hydrogens (tertiary/aromatic N) is 3. The molecule has 196 valence electrons. The molecule has 0 saturated carbocycles. The topological polar surface area (TPSA) is 84.7 Å². The molecule has 0 atom stereocenters. The predicted molar refractivity (Wildman–Crippen MR) is 157 cm³/mol. The van der Waals surface area contributed by atoms with E-state index in [9.17, 15) is 9.59 Å². The van der Waals surface area contributed by atoms with Crippen molar-refractivity contribution in [1.82, 2.24) is 14.7 Å². The van der Waals surface area contributed by atoms with Gasteiger partial charge in [0.1, 0.15) is 16.7 Å². The van der Waals surface area contributed by atoms with Crippen molar-refractivity contribution < 1.29 is 19.4 Å². The molecule has 0 aliphatic carbocycles. The van der Waals surface area contributed by atoms with Crippen LogP contribution in [-0.4, -0.2) is 42.5 Å². The largest absolute Gasteiger partial charge is 0.489 e. The normalized spacial score (nSPS) is 14.3. The number of carboxylic acid groups (broad SMARTS) is 1. The summed E-state index contributed by atoms with van der Waals surface area (Å²) < 4.78 is 8.02. The molecule has 1 amide bonds. The number of para-hydroxylation sites is 1. The van der Waals surface area contributed by atoms with Gasteiger partial charge in [-0.1, -0.05) is 72.0 Å². The monoisotopic (exact) mass is 575 g/mol. The lowest BCUT2D eigenvalue weighted by Gasteiger charge is -2.12. The minimum Gasteiger partial charge on any atom is -0.489 e. The molecule has 1 aliphatic heterocycles. The first-order valence-corrected chi connectivity index (χ1v) is 13.6. The number of benzene rings is 3. The van der Waals surface area contributed by atoms with Gasteiger partial charge in [0.05, 0.1) is 22.7 Å². The van der Waals surface area contributed by atoms with Gasteiger partial charge in [-0.25, -0.2) is 4.68 Å². The van der Waals surface area contributed by atoms with Crippen molar-refractivity contribution in [2.45, 2.75) is 13.0 Å². The maximum Gasteiger partial charge on any atom is 0.305 e. The average Bonchev–Trinajstić information content (AvgIpc) is 3.48. The molecule has 0 bridgehead atoms. The Kier molecular flexibility index (Phi) is 8.11. The van der Waals surface area contributed by atoms with Crippen molar-refractivity contribution in [3.63, 3.8) is 0 Å². The molecule has 1 saturated heterocycles. The van der Waals surface area contributed by atoms with E-state index < -0.39 is 5.97 Å². The summed E-state index contributed by atoms with van der Waals surface area (Å²) in [6.45, 7) is 0.375. The number of aliphatic carboxylic acids is 1. The third kappa shape index (κ3) is 6.22. The third-order valence-corrected chi connectivity index (χ3v) is 7.70. The number of thiocarbonyl (C=S) groups is 1. The van der Waals surface area contributed by atoms with Gasteiger partial charge in [0.2, 0.25) is 0 Å². The van der Waals surface area contributed by atoms with E-state index in [1.165, 1.54) is 4.90 Å². The molecular formula is C29H22ClN3O4S2. The number of ether oxygens (including phenoxy) is 1. The summed E-state index contributed by atoms with van der Waals surface area (Å²) in [5.74, 6) is -0.617. The Morgan fingerprint density at radius 3 is 2.49 bits per heavy atom. The molecule has 10 heteroatoms. The molecule has 5 rings (SSSR count). The van der Waals surface area contributed by atoms with Gasteiger partial charge in [0, 0.05) is 34.5 Å². The highest BCUT2D eigenvalue weighted by Gasteiger charge is 2.32. The van der Waals surface area contributed by atoms with Gasteiger partial charge in [-0.2, -0.15) is 5.10 Å². The summed E-state index contributed by atoms with van der Waals surface area (Å²) in [5, 5.41) is 14.5. The highest BCUT2D eigenvalue weighted by atomic mass is 35.5. The number of aromatic nitrogens is 2. The van der Waals surface area contributed by atoms with Crippen LogP contribution in [0.15, 0.2) is 90.0 Å². The highest BCUT2D eigenvalue weighted by Crippen LogP contribution is 2.35. The van der Waals surface area contributed by atoms with Gasteiger partial charge in [-0.3, -0.25) is 14.5 Å². The third-order valence-electron chi connectivity index (χ3n) is 5.95. The smallest absolute Gasteiger partial charge is 0.305 e. The highest BCUT2D eigenvalue weighted by molar-refractivity contribution is 8.26. The van der Waals surface area contributed by atoms with Crippen molar-refractivity contribution in [1.29, 1.82) is 0 Å². The molecular weight excluding hydrogens is 554 g/mol. The summed E-state index contributed by atoms with van der Waals surface area (Å²) in [5.41, 5.74) is 4.00. The first kappa shape index (κ1) is 26.7. The van der Waals surface area contributed by atoms with Crippen LogP contribution in [0.3, 0.4) is 0 Å². The summed E-state index contributed by atoms with van der Waals surface area (Å²) in [6, 6.07) is 24.8. The maximum absolute atomic E-state index is 13.0. The molecule has 0 unspecified atom stereocenters. The number of halogens is 1. The summed E-state index contributed by atoms with van der Waals surface area (Å²) in [7, 11) is 0. The van der Waals surface area contributed by atoms with E-state index in [-0.39, 0.29) is 18.9 Å². The van der Waals surface area contributed by atoms with Gasteiger partial charge in [0.15, 0.2) is 0 Å². The minimum absolute atomic E-state index is 0.0309. The van der Waals surface area contributed by atoms with Crippen LogP contribution in [0.1, 0.15) is 17.5 Å². The number of rotatable bonds is 9. The van der Waals surface area contributed by atoms with Gasteiger partial charge < -0.3 is 9.84 Å². The second kappa shape index (κ2) is 11.9. The van der Waals surface area contributed by atoms with Crippen molar-refractivity contribution in [2.75, 3.05) is 6.54 Å². The van der Waals surface area contributed by atoms with Gasteiger partial charge in [0.25, 0.3) is 5.91 Å². The Bertz CT molecular complexity index is 1570. The lowest BCUT2D eigenvalue weighted by Crippen LogP contribution is -2.30. The van der Waals surface area contributed by atoms with Crippen LogP contribution >= 0.6 is 35.6 Å². The Hall–Kier alpha value is -3.92. The van der Waals surface area contributed by atoms with E-state index in [2.05, 4.69) is 0 Å². The molecule has 4 aromatic rings. The number of hydrogen-bond donors (Lipinski definition) is 1. The predicted octanol–water partition coefficient (Wildman–Crippen LogP) is 6.45. The lowest BCUT2D eigenvalue weighted by atomic mass is 10.1. The second-order valence-corrected chi connectivity index (χ2v) is 10.7. The van der Waals surface area contributed by atoms with E-state index in [4.69, 9.17) is 38.8 Å². The number of carbonyl (C=O) groups is 2. The van der Waals surface area contributed by atoms with E-state index in [0.717, 1.165) is 34.1 Å². The molecule has 2 heterocycles. The molecule has 7 nitrogen and oxygen atoms in total. The maximum atomic E-state index is 13.0. The van der Waals surface area contributed by atoms with Crippen molar-refractivity contribution in [3.05, 3.63) is 106 Å². The zero-order valence-electron chi connectivity index (χ0n) is 20.5. The zero-order chi connectivity index (χ0) is 27.4. The molecule has 3 aromatic carbocycles. The Morgan fingerprint density at radius 1 is 1.05 bits per heavy atom. The zero-order valence-corrected chi connectivity index (χ0v) is 22.9. The summed E-state index contributed by atoms with van der Waals surface area (Å²) in [4.78, 5) is 25.8. The number of thioether (sulfide) groups is 1. The fraction of sp³-hybridized carbons (Fsp3) is 0.103. The van der Waals surface area contributed by atoms with Crippen LogP contribution in [-0.2, 0) is 16.2 Å². The van der Waals surface area contributed by atoms with Gasteiger partial charge in [-0.15, -0.1) is 0 Å². The molecule has 0 radical (unpaired) electrons. The van der Waals surface area contributed by atoms with Crippen LogP contribution in [0.5, 0.6) is 5.75 Å². The molecule has 1 fully saturated rings. The molecule has 1 aromatic heterocycles. The number of amides is 1. The fourth-order valence-electron chi connectivity index (χ4n) is 3.96. The molecule has 39 heavy (non-hydrogen) atoms. The van der Waals surface area contributed by atoms with Crippen LogP contribution < -0.4 is 4.74 Å². The van der Waals surface area contributed by atoms with Crippen LogP contribution in [0.4, 0.5) is 0 Å². The number of carbonyl (C=O) groups excluding carboxylic acids is 1. The Labute approximate surface area is 239 Å². The quantitative estimate of drug-likeness (QED) is 0.181. The number of carboxylic acids is 1. The molecule has 0 spiro atoms. The first-order chi connectivity index (χ1) is 18.9. The average molecular weight is 576 g/mol. The van der Waals surface area contributed by atoms with E-state index in [1.54, 1.807) is 10.8 Å². The second-order valence-electron chi connectivity index (χ2n) is 8.59. The van der Waals surface area contributed by atoms with E-state index >= 15 is 0 Å². The molecule has 1 N–H and O–H groups in total. The lowest BCUT2D eigenvalue weighted by molar-refractivity contribution is -0.137. The standard InChI is InChI=1S/C29H22ClN3O4S2/c30-24-9-5-4-6-20(24)18-37-23-12-10-19(11-13-23)27-21(17-33(31-27)22-7-2-1-3-8-22)16-25-28(36)32(29(38)39-25)15-14-26(34)35/h1-13,16-17H,14-15,18H2,(H,34,35)/b25-16-.